The van der Waals surface area contributed by atoms with E-state index in [1.54, 1.807) is 24.3 Å². The zero-order valence-corrected chi connectivity index (χ0v) is 11.3. The summed E-state index contributed by atoms with van der Waals surface area (Å²) >= 11 is 11.8. The van der Waals surface area contributed by atoms with E-state index in [0.29, 0.717) is 16.6 Å². The summed E-state index contributed by atoms with van der Waals surface area (Å²) in [6.07, 6.45) is 0. The van der Waals surface area contributed by atoms with Crippen molar-refractivity contribution in [3.63, 3.8) is 0 Å². The predicted molar refractivity (Wildman–Crippen MR) is 76.9 cm³/mol. The van der Waals surface area contributed by atoms with Crippen LogP contribution in [-0.2, 0) is 6.54 Å². The molecule has 0 unspecified atom stereocenters. The number of hydrogen-bond donors (Lipinski definition) is 1. The standard InChI is InChI=1S/C13H10Cl2N2O2/c14-10-4-5-13(12(15)7-10)16-8-9-2-1-3-11(6-9)17(18)19/h1-7,16H,8H2. The summed E-state index contributed by atoms with van der Waals surface area (Å²) in [5.41, 5.74) is 1.61. The average Bonchev–Trinajstić information content (AvgIpc) is 2.38. The molecule has 98 valence electrons. The van der Waals surface area contributed by atoms with Crippen molar-refractivity contribution in [2.45, 2.75) is 6.54 Å². The fourth-order valence-corrected chi connectivity index (χ4v) is 2.09. The van der Waals surface area contributed by atoms with E-state index in [1.807, 2.05) is 6.07 Å². The minimum absolute atomic E-state index is 0.0708. The quantitative estimate of drug-likeness (QED) is 0.667. The van der Waals surface area contributed by atoms with Crippen molar-refractivity contribution in [1.82, 2.24) is 0 Å². The molecule has 0 aliphatic rings. The van der Waals surface area contributed by atoms with Crippen molar-refractivity contribution in [3.8, 4) is 0 Å². The van der Waals surface area contributed by atoms with E-state index in [-0.39, 0.29) is 5.69 Å². The van der Waals surface area contributed by atoms with Crippen LogP contribution in [-0.4, -0.2) is 4.92 Å². The molecule has 2 aromatic carbocycles. The van der Waals surface area contributed by atoms with Crippen molar-refractivity contribution in [1.29, 1.82) is 0 Å². The van der Waals surface area contributed by atoms with E-state index >= 15 is 0 Å². The van der Waals surface area contributed by atoms with E-state index < -0.39 is 4.92 Å². The number of nitro groups is 1. The van der Waals surface area contributed by atoms with Crippen LogP contribution >= 0.6 is 23.2 Å². The van der Waals surface area contributed by atoms with Crippen LogP contribution in [0, 0.1) is 10.1 Å². The molecule has 0 heterocycles. The van der Waals surface area contributed by atoms with Gasteiger partial charge in [0.05, 0.1) is 15.6 Å². The number of benzene rings is 2. The highest BCUT2D eigenvalue weighted by Gasteiger charge is 2.06. The highest BCUT2D eigenvalue weighted by atomic mass is 35.5. The molecular formula is C13H10Cl2N2O2. The SMILES string of the molecule is O=[N+]([O-])c1cccc(CNc2ccc(Cl)cc2Cl)c1. The van der Waals surface area contributed by atoms with Gasteiger partial charge in [-0.3, -0.25) is 10.1 Å². The molecule has 0 bridgehead atoms. The molecule has 19 heavy (non-hydrogen) atoms. The molecule has 0 atom stereocenters. The van der Waals surface area contributed by atoms with Gasteiger partial charge in [0.15, 0.2) is 0 Å². The summed E-state index contributed by atoms with van der Waals surface area (Å²) in [4.78, 5) is 10.3. The molecule has 1 N–H and O–H groups in total. The Bertz CT molecular complexity index is 617. The minimum atomic E-state index is -0.418. The van der Waals surface area contributed by atoms with Crippen molar-refractivity contribution in [2.24, 2.45) is 0 Å². The van der Waals surface area contributed by atoms with Gasteiger partial charge in [-0.1, -0.05) is 35.3 Å². The maximum Gasteiger partial charge on any atom is 0.269 e. The summed E-state index contributed by atoms with van der Waals surface area (Å²) in [5.74, 6) is 0. The normalized spacial score (nSPS) is 10.2. The van der Waals surface area contributed by atoms with Gasteiger partial charge in [-0.25, -0.2) is 0 Å². The van der Waals surface area contributed by atoms with Crippen LogP contribution in [0.5, 0.6) is 0 Å². The number of hydrogen-bond acceptors (Lipinski definition) is 3. The lowest BCUT2D eigenvalue weighted by atomic mass is 10.2. The van der Waals surface area contributed by atoms with Gasteiger partial charge < -0.3 is 5.32 Å². The van der Waals surface area contributed by atoms with Gasteiger partial charge in [0, 0.05) is 23.7 Å². The Morgan fingerprint density at radius 2 is 1.95 bits per heavy atom. The zero-order valence-electron chi connectivity index (χ0n) is 9.77. The van der Waals surface area contributed by atoms with Gasteiger partial charge in [-0.05, 0) is 23.8 Å². The van der Waals surface area contributed by atoms with E-state index in [0.717, 1.165) is 11.3 Å². The molecule has 0 aliphatic heterocycles. The third-order valence-electron chi connectivity index (χ3n) is 2.54. The van der Waals surface area contributed by atoms with Gasteiger partial charge in [0.2, 0.25) is 0 Å². The van der Waals surface area contributed by atoms with Gasteiger partial charge in [0.25, 0.3) is 5.69 Å². The van der Waals surface area contributed by atoms with E-state index in [9.17, 15) is 10.1 Å². The topological polar surface area (TPSA) is 55.2 Å². The van der Waals surface area contributed by atoms with Crippen LogP contribution in [0.2, 0.25) is 10.0 Å². The first-order valence-electron chi connectivity index (χ1n) is 5.48. The molecule has 0 saturated heterocycles. The molecule has 0 amide bonds. The summed E-state index contributed by atoms with van der Waals surface area (Å²) in [5, 5.41) is 14.9. The van der Waals surface area contributed by atoms with Crippen LogP contribution in [0.3, 0.4) is 0 Å². The summed E-state index contributed by atoms with van der Waals surface area (Å²) in [7, 11) is 0. The first-order valence-corrected chi connectivity index (χ1v) is 6.24. The van der Waals surface area contributed by atoms with Crippen LogP contribution in [0.15, 0.2) is 42.5 Å². The second-order valence-electron chi connectivity index (χ2n) is 3.90. The fraction of sp³-hybridized carbons (Fsp3) is 0.0769. The second kappa shape index (κ2) is 5.91. The number of nitrogens with zero attached hydrogens (tertiary/aromatic N) is 1. The van der Waals surface area contributed by atoms with Gasteiger partial charge in [-0.15, -0.1) is 0 Å². The number of non-ortho nitro benzene ring substituents is 1. The maximum atomic E-state index is 10.7. The summed E-state index contributed by atoms with van der Waals surface area (Å²) in [6.45, 7) is 0.447. The van der Waals surface area contributed by atoms with Gasteiger partial charge in [-0.2, -0.15) is 0 Å². The molecule has 0 fully saturated rings. The molecule has 2 rings (SSSR count). The third-order valence-corrected chi connectivity index (χ3v) is 3.08. The number of anilines is 1. The largest absolute Gasteiger partial charge is 0.380 e. The smallest absolute Gasteiger partial charge is 0.269 e. The Balaban J connectivity index is 2.10. The van der Waals surface area contributed by atoms with E-state index in [4.69, 9.17) is 23.2 Å². The number of nitrogens with one attached hydrogen (secondary N) is 1. The van der Waals surface area contributed by atoms with Crippen LogP contribution < -0.4 is 5.32 Å². The first kappa shape index (κ1) is 13.6. The number of halogens is 2. The molecule has 0 saturated carbocycles. The van der Waals surface area contributed by atoms with Crippen LogP contribution in [0.25, 0.3) is 0 Å². The van der Waals surface area contributed by atoms with Crippen LogP contribution in [0.1, 0.15) is 5.56 Å². The average molecular weight is 297 g/mol. The minimum Gasteiger partial charge on any atom is -0.380 e. The first-order chi connectivity index (χ1) is 9.06. The van der Waals surface area contributed by atoms with Crippen molar-refractivity contribution in [3.05, 3.63) is 68.2 Å². The molecular weight excluding hydrogens is 287 g/mol. The summed E-state index contributed by atoms with van der Waals surface area (Å²) in [6, 6.07) is 11.6. The highest BCUT2D eigenvalue weighted by molar-refractivity contribution is 6.36. The molecule has 0 radical (unpaired) electrons. The third kappa shape index (κ3) is 3.59. The lowest BCUT2D eigenvalue weighted by Gasteiger charge is -2.08. The lowest BCUT2D eigenvalue weighted by Crippen LogP contribution is -2.00. The predicted octanol–water partition coefficient (Wildman–Crippen LogP) is 4.51. The van der Waals surface area contributed by atoms with Crippen molar-refractivity contribution in [2.75, 3.05) is 5.32 Å². The Labute approximate surface area is 120 Å². The monoisotopic (exact) mass is 296 g/mol. The summed E-state index contributed by atoms with van der Waals surface area (Å²) < 4.78 is 0. The Hall–Kier alpha value is -1.78. The van der Waals surface area contributed by atoms with Gasteiger partial charge in [0.1, 0.15) is 0 Å². The molecule has 4 nitrogen and oxygen atoms in total. The number of rotatable bonds is 4. The van der Waals surface area contributed by atoms with E-state index in [1.165, 1.54) is 12.1 Å². The Morgan fingerprint density at radius 3 is 2.63 bits per heavy atom. The molecule has 2 aromatic rings. The lowest BCUT2D eigenvalue weighted by molar-refractivity contribution is -0.384. The Kier molecular flexibility index (Phi) is 4.24. The van der Waals surface area contributed by atoms with Crippen LogP contribution in [0.4, 0.5) is 11.4 Å². The Morgan fingerprint density at radius 1 is 1.16 bits per heavy atom. The molecule has 0 aliphatic carbocycles. The zero-order chi connectivity index (χ0) is 13.8. The van der Waals surface area contributed by atoms with Crippen molar-refractivity contribution < 1.29 is 4.92 Å². The van der Waals surface area contributed by atoms with Gasteiger partial charge >= 0.3 is 0 Å². The second-order valence-corrected chi connectivity index (χ2v) is 4.75. The molecule has 0 aromatic heterocycles. The maximum absolute atomic E-state index is 10.7. The van der Waals surface area contributed by atoms with E-state index in [2.05, 4.69) is 5.32 Å². The molecule has 0 spiro atoms. The highest BCUT2D eigenvalue weighted by Crippen LogP contribution is 2.26. The number of nitro benzene ring substituents is 1. The fourth-order valence-electron chi connectivity index (χ4n) is 1.61. The molecule has 6 heteroatoms. The van der Waals surface area contributed by atoms with Crippen molar-refractivity contribution >= 4 is 34.6 Å².